The van der Waals surface area contributed by atoms with Crippen molar-refractivity contribution >= 4 is 19.8 Å². The second kappa shape index (κ2) is 10.4. The third-order valence-electron chi connectivity index (χ3n) is 7.42. The van der Waals surface area contributed by atoms with Gasteiger partial charge in [0.15, 0.2) is 0 Å². The molecule has 1 spiro atoms. The summed E-state index contributed by atoms with van der Waals surface area (Å²) in [5.41, 5.74) is 5.21. The first-order valence-electron chi connectivity index (χ1n) is 14.7. The Morgan fingerprint density at radius 3 is 1.88 bits per heavy atom. The van der Waals surface area contributed by atoms with Crippen LogP contribution in [0.3, 0.4) is 0 Å². The van der Waals surface area contributed by atoms with Crippen molar-refractivity contribution < 1.29 is 27.8 Å². The number of benzene rings is 2. The summed E-state index contributed by atoms with van der Waals surface area (Å²) < 4.78 is 35.3. The fourth-order valence-electron chi connectivity index (χ4n) is 5.51. The van der Waals surface area contributed by atoms with Crippen LogP contribution in [0.5, 0.6) is 11.5 Å². The van der Waals surface area contributed by atoms with E-state index in [2.05, 4.69) is 89.7 Å². The van der Waals surface area contributed by atoms with E-state index in [9.17, 15) is 4.79 Å². The molecule has 43 heavy (non-hydrogen) atoms. The maximum atomic E-state index is 14.0. The van der Waals surface area contributed by atoms with Gasteiger partial charge in [0.1, 0.15) is 0 Å². The number of aromatic nitrogens is 2. The van der Waals surface area contributed by atoms with E-state index in [4.69, 9.17) is 23.0 Å². The Labute approximate surface area is 254 Å². The summed E-state index contributed by atoms with van der Waals surface area (Å²) in [5, 5.41) is 4.53. The van der Waals surface area contributed by atoms with Gasteiger partial charge in [-0.3, -0.25) is 0 Å². The zero-order valence-electron chi connectivity index (χ0n) is 26.8. The molecule has 232 valence electrons. The summed E-state index contributed by atoms with van der Waals surface area (Å²) in [6, 6.07) is 8.45. The van der Waals surface area contributed by atoms with E-state index in [0.717, 1.165) is 38.2 Å². The number of hydrogen-bond acceptors (Lipinski definition) is 8. The van der Waals surface area contributed by atoms with Crippen molar-refractivity contribution in [3.63, 3.8) is 0 Å². The molecule has 0 N–H and O–H groups in total. The van der Waals surface area contributed by atoms with E-state index in [1.54, 1.807) is 23.7 Å². The van der Waals surface area contributed by atoms with Gasteiger partial charge in [-0.2, -0.15) is 0 Å². The van der Waals surface area contributed by atoms with Crippen LogP contribution >= 0.6 is 7.59 Å². The molecule has 10 nitrogen and oxygen atoms in total. The number of hydrogen-bond donors (Lipinski definition) is 0. The van der Waals surface area contributed by atoms with Crippen LogP contribution in [-0.4, -0.2) is 39.5 Å². The first kappa shape index (κ1) is 30.7. The molecule has 5 rings (SSSR count). The van der Waals surface area contributed by atoms with Crippen LogP contribution in [0, 0.1) is 13.8 Å². The Kier molecular flexibility index (Phi) is 7.45. The molecule has 1 amide bonds. The van der Waals surface area contributed by atoms with Gasteiger partial charge in [-0.05, 0) is 0 Å². The molecule has 0 radical (unpaired) electrons. The van der Waals surface area contributed by atoms with Crippen molar-refractivity contribution in [2.75, 3.05) is 13.2 Å². The molecule has 0 fully saturated rings. The van der Waals surface area contributed by atoms with E-state index in [1.807, 2.05) is 6.92 Å². The average Bonchev–Trinajstić information content (AvgIpc) is 3.54. The van der Waals surface area contributed by atoms with Crippen molar-refractivity contribution in [2.24, 2.45) is 5.10 Å². The first-order chi connectivity index (χ1) is 20.1. The number of rotatable bonds is 3. The van der Waals surface area contributed by atoms with Gasteiger partial charge < -0.3 is 0 Å². The summed E-state index contributed by atoms with van der Waals surface area (Å²) in [7, 11) is -5.22. The Morgan fingerprint density at radius 2 is 1.44 bits per heavy atom. The van der Waals surface area contributed by atoms with Gasteiger partial charge >= 0.3 is 254 Å². The molecule has 0 aliphatic carbocycles. The van der Waals surface area contributed by atoms with Crippen molar-refractivity contribution in [2.45, 2.75) is 86.5 Å². The predicted octanol–water partition coefficient (Wildman–Crippen LogP) is 7.93. The number of nitrogens with zero attached hydrogens (tertiary/aromatic N) is 4. The van der Waals surface area contributed by atoms with Gasteiger partial charge in [-0.1, -0.05) is 0 Å². The van der Waals surface area contributed by atoms with Gasteiger partial charge in [0.05, 0.1) is 0 Å². The molecule has 2 aromatic carbocycles. The SMILES string of the molecule is CCOC(=O)N1N=C(OCC)OP12(n1ccnc1)Oc1c(cc(C)cc1C(C)(C)C)Cc1cc(C)cc(C(C)(C)C)c1O2. The van der Waals surface area contributed by atoms with E-state index >= 15 is 0 Å². The van der Waals surface area contributed by atoms with Gasteiger partial charge in [0.2, 0.25) is 0 Å². The third kappa shape index (κ3) is 5.09. The molecule has 3 aromatic rings. The van der Waals surface area contributed by atoms with E-state index < -0.39 is 13.7 Å². The number of amides is 1. The van der Waals surface area contributed by atoms with Gasteiger partial charge in [-0.25, -0.2) is 0 Å². The number of fused-ring (bicyclic) bond motifs is 2. The Hall–Kier alpha value is -3.78. The normalized spacial score (nSPS) is 18.0. The molecular weight excluding hydrogens is 567 g/mol. The van der Waals surface area contributed by atoms with Crippen LogP contribution in [0.15, 0.2) is 48.1 Å². The van der Waals surface area contributed by atoms with Crippen LogP contribution in [-0.2, 0) is 31.2 Å². The van der Waals surface area contributed by atoms with Crippen molar-refractivity contribution in [3.05, 3.63) is 76.4 Å². The topological polar surface area (TPSA) is 96.6 Å². The van der Waals surface area contributed by atoms with E-state index in [0.29, 0.717) is 17.9 Å². The number of aryl methyl sites for hydroxylation is 2. The Morgan fingerprint density at radius 1 is 0.884 bits per heavy atom. The summed E-state index contributed by atoms with van der Waals surface area (Å²) in [4.78, 5) is 18.3. The number of hydrazone groups is 1. The minimum atomic E-state index is -5.22. The summed E-state index contributed by atoms with van der Waals surface area (Å²) in [6.07, 6.45) is 4.33. The number of carbonyl (C=O) groups excluding carboxylic acids is 1. The Balaban J connectivity index is 1.99. The second-order valence-corrected chi connectivity index (χ2v) is 16.1. The fraction of sp³-hybridized carbons (Fsp3) is 0.469. The molecule has 3 heterocycles. The van der Waals surface area contributed by atoms with E-state index in [-0.39, 0.29) is 30.1 Å². The average molecular weight is 611 g/mol. The van der Waals surface area contributed by atoms with Crippen LogP contribution < -0.4 is 9.05 Å². The number of imidazole rings is 1. The van der Waals surface area contributed by atoms with Crippen molar-refractivity contribution in [1.29, 1.82) is 0 Å². The molecule has 0 bridgehead atoms. The van der Waals surface area contributed by atoms with Crippen molar-refractivity contribution in [3.8, 4) is 11.5 Å². The molecule has 2 aliphatic heterocycles. The van der Waals surface area contributed by atoms with Crippen LogP contribution in [0.25, 0.3) is 0 Å². The summed E-state index contributed by atoms with van der Waals surface area (Å²) in [5.74, 6) is 1.10. The molecule has 0 unspecified atom stereocenters. The van der Waals surface area contributed by atoms with Crippen LogP contribution in [0.1, 0.15) is 88.8 Å². The molecule has 0 saturated heterocycles. The summed E-state index contributed by atoms with van der Waals surface area (Å²) in [6.45, 7) is 20.8. The van der Waals surface area contributed by atoms with Gasteiger partial charge in [0, 0.05) is 0 Å². The molecule has 1 aromatic heterocycles. The monoisotopic (exact) mass is 610 g/mol. The Bertz CT molecular complexity index is 1510. The van der Waals surface area contributed by atoms with Crippen LogP contribution in [0.2, 0.25) is 0 Å². The third-order valence-corrected chi connectivity index (χ3v) is 10.8. The second-order valence-electron chi connectivity index (χ2n) is 13.1. The van der Waals surface area contributed by atoms with Gasteiger partial charge in [0.25, 0.3) is 0 Å². The predicted molar refractivity (Wildman–Crippen MR) is 167 cm³/mol. The maximum absolute atomic E-state index is 14.0. The standard InChI is InChI=1S/C32H43N4O6P/c1-11-38-29-34-36(30(37)39-12-2)43(42-29,35-14-13-33-20-35)40-27-23(15-21(3)17-25(27)31(5,6)7)19-24-16-22(4)18-26(28(24)41-43)32(8,9)10/h13-18,20H,11-12,19H2,1-10H3. The fourth-order valence-corrected chi connectivity index (χ4v) is 8.81. The van der Waals surface area contributed by atoms with Crippen LogP contribution in [0.4, 0.5) is 4.79 Å². The molecule has 0 atom stereocenters. The van der Waals surface area contributed by atoms with E-state index in [1.165, 1.54) is 6.33 Å². The minimum absolute atomic E-state index is 0.0945. The zero-order valence-corrected chi connectivity index (χ0v) is 27.7. The van der Waals surface area contributed by atoms with Gasteiger partial charge in [-0.15, -0.1) is 0 Å². The first-order valence-corrected chi connectivity index (χ1v) is 16.6. The summed E-state index contributed by atoms with van der Waals surface area (Å²) >= 11 is 0. The van der Waals surface area contributed by atoms with Crippen molar-refractivity contribution in [1.82, 2.24) is 14.1 Å². The zero-order chi connectivity index (χ0) is 31.4. The number of ether oxygens (including phenoxy) is 2. The molecule has 2 aliphatic rings. The number of carbonyl (C=O) groups is 1. The molecule has 11 heteroatoms. The quantitative estimate of drug-likeness (QED) is 0.278. The molecular formula is C32H43N4O6P. The molecule has 0 saturated carbocycles.